The van der Waals surface area contributed by atoms with Crippen molar-refractivity contribution in [2.75, 3.05) is 13.1 Å². The number of benzene rings is 1. The van der Waals surface area contributed by atoms with Crippen LogP contribution in [0.2, 0.25) is 0 Å². The normalized spacial score (nSPS) is 13.1. The first kappa shape index (κ1) is 16.7. The average molecular weight is 276 g/mol. The van der Waals surface area contributed by atoms with Crippen molar-refractivity contribution in [1.29, 1.82) is 0 Å². The predicted molar refractivity (Wildman–Crippen MR) is 85.1 cm³/mol. The Balaban J connectivity index is 0.000000246. The highest BCUT2D eigenvalue weighted by atomic mass is 16.1. The molecular formula is C17H28N2O. The highest BCUT2D eigenvalue weighted by Gasteiger charge is 2.10. The van der Waals surface area contributed by atoms with Crippen LogP contribution in [0.1, 0.15) is 61.0 Å². The molecule has 0 unspecified atom stereocenters. The van der Waals surface area contributed by atoms with E-state index in [9.17, 15) is 4.79 Å². The number of carbonyl (C=O) groups excluding carboxylic acids is 1. The summed E-state index contributed by atoms with van der Waals surface area (Å²) in [6.45, 7) is 6.72. The fraction of sp³-hybridized carbons (Fsp3) is 0.588. The molecule has 1 aromatic rings. The van der Waals surface area contributed by atoms with Gasteiger partial charge in [-0.05, 0) is 74.9 Å². The molecule has 0 spiro atoms. The molecule has 1 aliphatic carbocycles. The van der Waals surface area contributed by atoms with Crippen LogP contribution >= 0.6 is 0 Å². The van der Waals surface area contributed by atoms with Gasteiger partial charge in [0, 0.05) is 5.56 Å². The largest absolute Gasteiger partial charge is 0.366 e. The van der Waals surface area contributed by atoms with Gasteiger partial charge >= 0.3 is 0 Å². The Morgan fingerprint density at radius 3 is 2.25 bits per heavy atom. The van der Waals surface area contributed by atoms with Gasteiger partial charge < -0.3 is 11.1 Å². The summed E-state index contributed by atoms with van der Waals surface area (Å²) >= 11 is 0. The summed E-state index contributed by atoms with van der Waals surface area (Å²) < 4.78 is 0. The van der Waals surface area contributed by atoms with Crippen LogP contribution in [0.3, 0.4) is 0 Å². The molecular weight excluding hydrogens is 248 g/mol. The van der Waals surface area contributed by atoms with Crippen LogP contribution in [-0.2, 0) is 12.8 Å². The number of fused-ring (bicyclic) bond motifs is 1. The molecule has 112 valence electrons. The van der Waals surface area contributed by atoms with Crippen LogP contribution in [0.4, 0.5) is 0 Å². The van der Waals surface area contributed by atoms with Crippen molar-refractivity contribution in [2.45, 2.75) is 52.4 Å². The molecule has 0 aliphatic heterocycles. The number of carbonyl (C=O) groups is 1. The minimum atomic E-state index is -0.326. The molecule has 3 N–H and O–H groups in total. The van der Waals surface area contributed by atoms with Crippen LogP contribution in [0.25, 0.3) is 0 Å². The Bertz CT molecular complexity index is 411. The maximum absolute atomic E-state index is 10.9. The first-order valence-corrected chi connectivity index (χ1v) is 7.81. The van der Waals surface area contributed by atoms with Gasteiger partial charge in [-0.2, -0.15) is 0 Å². The van der Waals surface area contributed by atoms with Crippen LogP contribution in [0, 0.1) is 0 Å². The fourth-order valence-corrected chi connectivity index (χ4v) is 2.37. The summed E-state index contributed by atoms with van der Waals surface area (Å²) in [6.07, 6.45) is 7.24. The Morgan fingerprint density at radius 2 is 1.70 bits per heavy atom. The zero-order valence-electron chi connectivity index (χ0n) is 12.9. The number of amides is 1. The fourth-order valence-electron chi connectivity index (χ4n) is 2.37. The molecule has 0 atom stereocenters. The molecule has 0 fully saturated rings. The van der Waals surface area contributed by atoms with Crippen LogP contribution in [0.15, 0.2) is 18.2 Å². The summed E-state index contributed by atoms with van der Waals surface area (Å²) in [4.78, 5) is 10.9. The number of hydrogen-bond acceptors (Lipinski definition) is 2. The highest BCUT2D eigenvalue weighted by Crippen LogP contribution is 2.21. The molecule has 0 heterocycles. The maximum Gasteiger partial charge on any atom is 0.248 e. The van der Waals surface area contributed by atoms with Gasteiger partial charge in [-0.25, -0.2) is 0 Å². The lowest BCUT2D eigenvalue weighted by Crippen LogP contribution is -2.14. The average Bonchev–Trinajstić information content (AvgIpc) is 2.48. The minimum absolute atomic E-state index is 0.326. The molecule has 1 amide bonds. The van der Waals surface area contributed by atoms with E-state index in [-0.39, 0.29) is 5.91 Å². The number of primary amides is 1. The minimum Gasteiger partial charge on any atom is -0.366 e. The second kappa shape index (κ2) is 9.54. The molecule has 0 aromatic heterocycles. The van der Waals surface area contributed by atoms with Crippen molar-refractivity contribution in [3.63, 3.8) is 0 Å². The van der Waals surface area contributed by atoms with E-state index in [4.69, 9.17) is 5.73 Å². The molecule has 3 nitrogen and oxygen atoms in total. The number of aryl methyl sites for hydroxylation is 2. The Hall–Kier alpha value is -1.35. The highest BCUT2D eigenvalue weighted by molar-refractivity contribution is 5.93. The van der Waals surface area contributed by atoms with E-state index >= 15 is 0 Å². The summed E-state index contributed by atoms with van der Waals surface area (Å²) in [7, 11) is 0. The van der Waals surface area contributed by atoms with Crippen molar-refractivity contribution in [3.8, 4) is 0 Å². The maximum atomic E-state index is 10.9. The molecule has 1 aromatic carbocycles. The monoisotopic (exact) mass is 276 g/mol. The van der Waals surface area contributed by atoms with E-state index in [0.29, 0.717) is 5.56 Å². The second-order valence-corrected chi connectivity index (χ2v) is 5.30. The van der Waals surface area contributed by atoms with Gasteiger partial charge in [0.05, 0.1) is 0 Å². The lowest BCUT2D eigenvalue weighted by Gasteiger charge is -2.15. The Kier molecular flexibility index (Phi) is 7.97. The standard InChI is InChI=1S/C11H13NO.C6H15N/c12-11(13)10-6-5-8-3-1-2-4-9(8)7-10;1-3-5-7-6-4-2/h5-7H,1-4H2,(H2,12,13);7H,3-6H2,1-2H3. The lowest BCUT2D eigenvalue weighted by molar-refractivity contribution is 0.1000. The third-order valence-electron chi connectivity index (χ3n) is 3.49. The molecule has 0 saturated carbocycles. The Morgan fingerprint density at radius 1 is 1.10 bits per heavy atom. The summed E-state index contributed by atoms with van der Waals surface area (Å²) in [6, 6.07) is 5.80. The van der Waals surface area contributed by atoms with Gasteiger partial charge in [-0.15, -0.1) is 0 Å². The van der Waals surface area contributed by atoms with Crippen molar-refractivity contribution in [3.05, 3.63) is 34.9 Å². The van der Waals surface area contributed by atoms with Crippen LogP contribution < -0.4 is 11.1 Å². The zero-order chi connectivity index (χ0) is 14.8. The van der Waals surface area contributed by atoms with E-state index in [0.717, 1.165) is 12.8 Å². The molecule has 1 aliphatic rings. The van der Waals surface area contributed by atoms with Crippen LogP contribution in [-0.4, -0.2) is 19.0 Å². The third kappa shape index (κ3) is 5.74. The number of nitrogens with two attached hydrogens (primary N) is 1. The van der Waals surface area contributed by atoms with Crippen molar-refractivity contribution in [2.24, 2.45) is 5.73 Å². The third-order valence-corrected chi connectivity index (χ3v) is 3.49. The summed E-state index contributed by atoms with van der Waals surface area (Å²) in [5.41, 5.74) is 8.54. The van der Waals surface area contributed by atoms with E-state index in [1.165, 1.54) is 49.9 Å². The molecule has 0 bridgehead atoms. The molecule has 0 saturated heterocycles. The second-order valence-electron chi connectivity index (χ2n) is 5.30. The quantitative estimate of drug-likeness (QED) is 0.812. The lowest BCUT2D eigenvalue weighted by atomic mass is 9.90. The molecule has 3 heteroatoms. The summed E-state index contributed by atoms with van der Waals surface area (Å²) in [5, 5.41) is 3.28. The van der Waals surface area contributed by atoms with Crippen molar-refractivity contribution >= 4 is 5.91 Å². The van der Waals surface area contributed by atoms with E-state index in [2.05, 4.69) is 19.2 Å². The van der Waals surface area contributed by atoms with Crippen LogP contribution in [0.5, 0.6) is 0 Å². The van der Waals surface area contributed by atoms with Gasteiger partial charge in [0.15, 0.2) is 0 Å². The SMILES string of the molecule is CCCNCCC.NC(=O)c1ccc2c(c1)CCCC2. The van der Waals surface area contributed by atoms with Gasteiger partial charge in [0.1, 0.15) is 0 Å². The Labute approximate surface area is 122 Å². The molecule has 0 radical (unpaired) electrons. The van der Waals surface area contributed by atoms with Gasteiger partial charge in [0.2, 0.25) is 5.91 Å². The van der Waals surface area contributed by atoms with Crippen molar-refractivity contribution < 1.29 is 4.79 Å². The molecule has 2 rings (SSSR count). The first-order chi connectivity index (χ1) is 9.69. The topological polar surface area (TPSA) is 55.1 Å². The van der Waals surface area contributed by atoms with Gasteiger partial charge in [0.25, 0.3) is 0 Å². The molecule has 20 heavy (non-hydrogen) atoms. The van der Waals surface area contributed by atoms with Crippen molar-refractivity contribution in [1.82, 2.24) is 5.32 Å². The number of nitrogens with one attached hydrogen (secondary N) is 1. The number of hydrogen-bond donors (Lipinski definition) is 2. The predicted octanol–water partition coefficient (Wildman–Crippen LogP) is 3.06. The number of rotatable bonds is 5. The van der Waals surface area contributed by atoms with E-state index < -0.39 is 0 Å². The van der Waals surface area contributed by atoms with E-state index in [1.54, 1.807) is 0 Å². The van der Waals surface area contributed by atoms with Gasteiger partial charge in [-0.3, -0.25) is 4.79 Å². The van der Waals surface area contributed by atoms with E-state index in [1.807, 2.05) is 18.2 Å². The zero-order valence-corrected chi connectivity index (χ0v) is 12.9. The summed E-state index contributed by atoms with van der Waals surface area (Å²) in [5.74, 6) is -0.326. The van der Waals surface area contributed by atoms with Gasteiger partial charge in [-0.1, -0.05) is 19.9 Å². The smallest absolute Gasteiger partial charge is 0.248 e. The first-order valence-electron chi connectivity index (χ1n) is 7.81.